The summed E-state index contributed by atoms with van der Waals surface area (Å²) in [6.07, 6.45) is -0.310. The average Bonchev–Trinajstić information content (AvgIpc) is 3.08. The summed E-state index contributed by atoms with van der Waals surface area (Å²) in [5.41, 5.74) is 4.90. The van der Waals surface area contributed by atoms with Crippen molar-refractivity contribution in [1.82, 2.24) is 14.8 Å². The summed E-state index contributed by atoms with van der Waals surface area (Å²) < 4.78 is 7.93. The molecule has 0 aliphatic rings. The van der Waals surface area contributed by atoms with Gasteiger partial charge in [0.05, 0.1) is 5.75 Å². The molecule has 3 aromatic rings. The molecule has 3 rings (SSSR count). The Morgan fingerprint density at radius 1 is 1.13 bits per heavy atom. The van der Waals surface area contributed by atoms with Gasteiger partial charge in [0.25, 0.3) is 0 Å². The number of amides is 1. The van der Waals surface area contributed by atoms with Crippen LogP contribution >= 0.6 is 23.4 Å². The summed E-state index contributed by atoms with van der Waals surface area (Å²) in [5, 5.41) is 12.9. The first-order valence-corrected chi connectivity index (χ1v) is 11.3. The van der Waals surface area contributed by atoms with Gasteiger partial charge in [0.15, 0.2) is 17.1 Å². The number of carbonyl (C=O) groups excluding carboxylic acids is 1. The SMILES string of the molecule is Cc1ccc(C)c(NC(=O)CSc2nnc(C(C)Oc3cc(C)c(Cl)c(C)c3)n2C)c1. The van der Waals surface area contributed by atoms with Crippen LogP contribution in [0.25, 0.3) is 0 Å². The number of hydrogen-bond donors (Lipinski definition) is 1. The van der Waals surface area contributed by atoms with Crippen molar-refractivity contribution in [3.05, 3.63) is 63.4 Å². The molecular formula is C23H27ClN4O2S. The fourth-order valence-corrected chi connectivity index (χ4v) is 4.05. The van der Waals surface area contributed by atoms with E-state index in [0.29, 0.717) is 11.0 Å². The number of aryl methyl sites for hydroxylation is 4. The summed E-state index contributed by atoms with van der Waals surface area (Å²) in [5.74, 6) is 1.57. The molecule has 0 saturated heterocycles. The number of hydrogen-bond acceptors (Lipinski definition) is 5. The number of aromatic nitrogens is 3. The van der Waals surface area contributed by atoms with E-state index < -0.39 is 0 Å². The average molecular weight is 459 g/mol. The van der Waals surface area contributed by atoms with Gasteiger partial charge in [-0.15, -0.1) is 10.2 Å². The summed E-state index contributed by atoms with van der Waals surface area (Å²) in [6, 6.07) is 9.82. The van der Waals surface area contributed by atoms with Gasteiger partial charge in [0.1, 0.15) is 5.75 Å². The van der Waals surface area contributed by atoms with Crippen LogP contribution in [-0.2, 0) is 11.8 Å². The van der Waals surface area contributed by atoms with Crippen LogP contribution in [0.5, 0.6) is 5.75 Å². The van der Waals surface area contributed by atoms with Crippen LogP contribution in [0.2, 0.25) is 5.02 Å². The van der Waals surface area contributed by atoms with E-state index in [1.807, 2.05) is 76.6 Å². The van der Waals surface area contributed by atoms with Gasteiger partial charge in [0, 0.05) is 17.8 Å². The zero-order chi connectivity index (χ0) is 22.7. The maximum atomic E-state index is 12.4. The molecule has 0 bridgehead atoms. The molecule has 0 aliphatic heterocycles. The summed E-state index contributed by atoms with van der Waals surface area (Å²) in [4.78, 5) is 12.4. The summed E-state index contributed by atoms with van der Waals surface area (Å²) in [6.45, 7) is 9.80. The van der Waals surface area contributed by atoms with Crippen LogP contribution in [0, 0.1) is 27.7 Å². The van der Waals surface area contributed by atoms with Crippen molar-refractivity contribution in [2.24, 2.45) is 7.05 Å². The number of halogens is 1. The van der Waals surface area contributed by atoms with E-state index in [2.05, 4.69) is 15.5 Å². The van der Waals surface area contributed by atoms with E-state index in [-0.39, 0.29) is 17.8 Å². The maximum absolute atomic E-state index is 12.4. The summed E-state index contributed by atoms with van der Waals surface area (Å²) in [7, 11) is 1.87. The second-order valence-electron chi connectivity index (χ2n) is 7.69. The highest BCUT2D eigenvalue weighted by Crippen LogP contribution is 2.29. The van der Waals surface area contributed by atoms with Gasteiger partial charge >= 0.3 is 0 Å². The van der Waals surface area contributed by atoms with Crippen molar-refractivity contribution in [3.63, 3.8) is 0 Å². The largest absolute Gasteiger partial charge is 0.483 e. The molecule has 6 nitrogen and oxygen atoms in total. The summed E-state index contributed by atoms with van der Waals surface area (Å²) >= 11 is 7.58. The molecule has 164 valence electrons. The highest BCUT2D eigenvalue weighted by atomic mass is 35.5. The van der Waals surface area contributed by atoms with E-state index in [1.165, 1.54) is 11.8 Å². The van der Waals surface area contributed by atoms with Crippen molar-refractivity contribution >= 4 is 35.0 Å². The van der Waals surface area contributed by atoms with Gasteiger partial charge < -0.3 is 14.6 Å². The molecule has 0 radical (unpaired) electrons. The van der Waals surface area contributed by atoms with Crippen molar-refractivity contribution in [1.29, 1.82) is 0 Å². The van der Waals surface area contributed by atoms with Crippen LogP contribution in [0.1, 0.15) is 41.1 Å². The molecule has 0 aliphatic carbocycles. The first-order chi connectivity index (χ1) is 14.7. The molecule has 1 amide bonds. The molecule has 0 fully saturated rings. The molecular weight excluding hydrogens is 432 g/mol. The van der Waals surface area contributed by atoms with Gasteiger partial charge in [-0.1, -0.05) is 35.5 Å². The topological polar surface area (TPSA) is 69.0 Å². The minimum absolute atomic E-state index is 0.0836. The zero-order valence-electron chi connectivity index (χ0n) is 18.6. The third kappa shape index (κ3) is 5.60. The third-order valence-corrected chi connectivity index (χ3v) is 6.57. The van der Waals surface area contributed by atoms with Crippen molar-refractivity contribution in [3.8, 4) is 5.75 Å². The van der Waals surface area contributed by atoms with Gasteiger partial charge in [-0.3, -0.25) is 4.79 Å². The van der Waals surface area contributed by atoms with Crippen LogP contribution in [0.15, 0.2) is 35.5 Å². The van der Waals surface area contributed by atoms with Crippen molar-refractivity contribution in [2.75, 3.05) is 11.1 Å². The first-order valence-electron chi connectivity index (χ1n) is 9.98. The highest BCUT2D eigenvalue weighted by Gasteiger charge is 2.19. The molecule has 1 unspecified atom stereocenters. The number of ether oxygens (including phenoxy) is 1. The fraction of sp³-hybridized carbons (Fsp3) is 0.348. The number of anilines is 1. The molecule has 0 saturated carbocycles. The van der Waals surface area contributed by atoms with E-state index >= 15 is 0 Å². The Morgan fingerprint density at radius 2 is 1.81 bits per heavy atom. The lowest BCUT2D eigenvalue weighted by molar-refractivity contribution is -0.113. The van der Waals surface area contributed by atoms with E-state index in [4.69, 9.17) is 16.3 Å². The minimum Gasteiger partial charge on any atom is -0.483 e. The number of nitrogens with zero attached hydrogens (tertiary/aromatic N) is 3. The van der Waals surface area contributed by atoms with Crippen LogP contribution in [0.4, 0.5) is 5.69 Å². The van der Waals surface area contributed by atoms with Crippen molar-refractivity contribution in [2.45, 2.75) is 45.9 Å². The number of thioether (sulfide) groups is 1. The Morgan fingerprint density at radius 3 is 2.48 bits per heavy atom. The molecule has 1 aromatic heterocycles. The maximum Gasteiger partial charge on any atom is 0.234 e. The molecule has 8 heteroatoms. The monoisotopic (exact) mass is 458 g/mol. The molecule has 1 atom stereocenters. The smallest absolute Gasteiger partial charge is 0.234 e. The fourth-order valence-electron chi connectivity index (χ4n) is 3.22. The molecule has 2 aromatic carbocycles. The number of benzene rings is 2. The second kappa shape index (κ2) is 9.75. The first kappa shape index (κ1) is 23.2. The van der Waals surface area contributed by atoms with Gasteiger partial charge in [-0.2, -0.15) is 0 Å². The Kier molecular flexibility index (Phi) is 7.28. The molecule has 0 spiro atoms. The zero-order valence-corrected chi connectivity index (χ0v) is 20.2. The van der Waals surface area contributed by atoms with Crippen LogP contribution < -0.4 is 10.1 Å². The van der Waals surface area contributed by atoms with Gasteiger partial charge in [-0.05, 0) is 75.1 Å². The van der Waals surface area contributed by atoms with Gasteiger partial charge in [-0.25, -0.2) is 0 Å². The quantitative estimate of drug-likeness (QED) is 0.468. The van der Waals surface area contributed by atoms with Crippen LogP contribution in [-0.4, -0.2) is 26.4 Å². The van der Waals surface area contributed by atoms with Crippen molar-refractivity contribution < 1.29 is 9.53 Å². The highest BCUT2D eigenvalue weighted by molar-refractivity contribution is 7.99. The molecule has 1 heterocycles. The Labute approximate surface area is 192 Å². The molecule has 1 N–H and O–H groups in total. The number of nitrogens with one attached hydrogen (secondary N) is 1. The third-order valence-electron chi connectivity index (χ3n) is 4.95. The normalized spacial score (nSPS) is 12.0. The standard InChI is InChI=1S/C23H27ClN4O2S/c1-13-7-8-14(2)19(9-13)25-20(29)12-31-23-27-26-22(28(23)6)17(5)30-18-10-15(3)21(24)16(4)11-18/h7-11,17H,12H2,1-6H3,(H,25,29). The minimum atomic E-state index is -0.310. The van der Waals surface area contributed by atoms with Crippen LogP contribution in [0.3, 0.4) is 0 Å². The van der Waals surface area contributed by atoms with Gasteiger partial charge in [0.2, 0.25) is 5.91 Å². The number of rotatable bonds is 7. The number of carbonyl (C=O) groups is 1. The van der Waals surface area contributed by atoms with E-state index in [9.17, 15) is 4.79 Å². The lowest BCUT2D eigenvalue weighted by Gasteiger charge is -2.16. The lowest BCUT2D eigenvalue weighted by Crippen LogP contribution is -2.15. The van der Waals surface area contributed by atoms with E-state index in [1.54, 1.807) is 0 Å². The van der Waals surface area contributed by atoms with E-state index in [0.717, 1.165) is 38.7 Å². The predicted octanol–water partition coefficient (Wildman–Crippen LogP) is 5.57. The Hall–Kier alpha value is -2.51. The second-order valence-corrected chi connectivity index (χ2v) is 9.01. The Balaban J connectivity index is 1.63. The Bertz CT molecular complexity index is 1090. The molecule has 31 heavy (non-hydrogen) atoms. The lowest BCUT2D eigenvalue weighted by atomic mass is 10.1. The predicted molar refractivity (Wildman–Crippen MR) is 126 cm³/mol.